The van der Waals surface area contributed by atoms with Crippen LogP contribution < -0.4 is 10.1 Å². The van der Waals surface area contributed by atoms with Crippen molar-refractivity contribution in [3.05, 3.63) is 47.3 Å². The maximum Gasteiger partial charge on any atom is 0.122 e. The third-order valence-corrected chi connectivity index (χ3v) is 4.14. The minimum atomic E-state index is 0.399. The predicted octanol–water partition coefficient (Wildman–Crippen LogP) is 2.87. The lowest BCUT2D eigenvalue weighted by Gasteiger charge is -2.11. The van der Waals surface area contributed by atoms with Gasteiger partial charge in [0.15, 0.2) is 0 Å². The minimum Gasteiger partial charge on any atom is -0.493 e. The lowest BCUT2D eigenvalue weighted by Crippen LogP contribution is -2.16. The van der Waals surface area contributed by atoms with E-state index >= 15 is 0 Å². The fourth-order valence-corrected chi connectivity index (χ4v) is 2.83. The lowest BCUT2D eigenvalue weighted by molar-refractivity contribution is 0.314. The molecule has 1 aromatic carbocycles. The van der Waals surface area contributed by atoms with Gasteiger partial charge in [-0.25, -0.2) is 0 Å². The van der Waals surface area contributed by atoms with Gasteiger partial charge in [-0.05, 0) is 26.0 Å². The lowest BCUT2D eigenvalue weighted by atomic mass is 10.0. The van der Waals surface area contributed by atoms with E-state index < -0.39 is 0 Å². The third kappa shape index (κ3) is 2.95. The van der Waals surface area contributed by atoms with E-state index in [0.29, 0.717) is 5.92 Å². The first-order chi connectivity index (χ1) is 10.3. The second kappa shape index (κ2) is 6.31. The topological polar surface area (TPSA) is 39.1 Å². The van der Waals surface area contributed by atoms with E-state index in [1.54, 1.807) is 0 Å². The Balaban J connectivity index is 1.69. The second-order valence-corrected chi connectivity index (χ2v) is 5.66. The van der Waals surface area contributed by atoms with Gasteiger partial charge in [0.25, 0.3) is 0 Å². The van der Waals surface area contributed by atoms with Gasteiger partial charge in [0.1, 0.15) is 5.75 Å². The zero-order valence-corrected chi connectivity index (χ0v) is 12.8. The predicted molar refractivity (Wildman–Crippen MR) is 83.6 cm³/mol. The van der Waals surface area contributed by atoms with Gasteiger partial charge >= 0.3 is 0 Å². The highest BCUT2D eigenvalue weighted by atomic mass is 16.5. The maximum absolute atomic E-state index is 5.76. The monoisotopic (exact) mass is 285 g/mol. The smallest absolute Gasteiger partial charge is 0.122 e. The van der Waals surface area contributed by atoms with Crippen LogP contribution in [0.2, 0.25) is 0 Å². The molecule has 0 saturated carbocycles. The van der Waals surface area contributed by atoms with Crippen molar-refractivity contribution in [2.75, 3.05) is 13.2 Å². The summed E-state index contributed by atoms with van der Waals surface area (Å²) in [6.45, 7) is 7.92. The number of benzene rings is 1. The molecule has 3 rings (SSSR count). The molecule has 4 heteroatoms. The van der Waals surface area contributed by atoms with Crippen molar-refractivity contribution in [2.45, 2.75) is 39.3 Å². The van der Waals surface area contributed by atoms with Crippen molar-refractivity contribution in [3.63, 3.8) is 0 Å². The van der Waals surface area contributed by atoms with Crippen molar-refractivity contribution in [1.29, 1.82) is 0 Å². The molecule has 2 aromatic rings. The van der Waals surface area contributed by atoms with Gasteiger partial charge in [-0.1, -0.05) is 25.1 Å². The van der Waals surface area contributed by atoms with Gasteiger partial charge in [-0.15, -0.1) is 0 Å². The molecular weight excluding hydrogens is 262 g/mol. The van der Waals surface area contributed by atoms with Gasteiger partial charge in [-0.2, -0.15) is 5.10 Å². The van der Waals surface area contributed by atoms with Crippen LogP contribution in [0.3, 0.4) is 0 Å². The summed E-state index contributed by atoms with van der Waals surface area (Å²) in [6, 6.07) is 8.31. The fraction of sp³-hybridized carbons (Fsp3) is 0.471. The third-order valence-electron chi connectivity index (χ3n) is 4.14. The summed E-state index contributed by atoms with van der Waals surface area (Å²) in [4.78, 5) is 0. The molecule has 0 amide bonds. The number of fused-ring (bicyclic) bond motifs is 1. The van der Waals surface area contributed by atoms with Crippen molar-refractivity contribution >= 4 is 0 Å². The zero-order valence-electron chi connectivity index (χ0n) is 12.8. The zero-order chi connectivity index (χ0) is 14.7. The average Bonchev–Trinajstić information content (AvgIpc) is 3.06. The van der Waals surface area contributed by atoms with Gasteiger partial charge in [0.05, 0.1) is 19.3 Å². The van der Waals surface area contributed by atoms with Crippen LogP contribution in [0.1, 0.15) is 36.1 Å². The molecule has 112 valence electrons. The SMILES string of the molecule is CCCNCc1cnn(CC2COc3ccccc32)c1C. The summed E-state index contributed by atoms with van der Waals surface area (Å²) in [5, 5.41) is 7.99. The molecule has 1 atom stereocenters. The Bertz CT molecular complexity index is 606. The normalized spacial score (nSPS) is 16.8. The number of hydrogen-bond acceptors (Lipinski definition) is 3. The van der Waals surface area contributed by atoms with E-state index in [0.717, 1.165) is 38.4 Å². The van der Waals surface area contributed by atoms with Crippen LogP contribution in [-0.4, -0.2) is 22.9 Å². The Morgan fingerprint density at radius 3 is 3.10 bits per heavy atom. The van der Waals surface area contributed by atoms with E-state index in [4.69, 9.17) is 4.74 Å². The fourth-order valence-electron chi connectivity index (χ4n) is 2.83. The summed E-state index contributed by atoms with van der Waals surface area (Å²) in [5.74, 6) is 1.42. The largest absolute Gasteiger partial charge is 0.493 e. The van der Waals surface area contributed by atoms with Crippen LogP contribution in [0.15, 0.2) is 30.5 Å². The first-order valence-corrected chi connectivity index (χ1v) is 7.73. The number of aromatic nitrogens is 2. The highest BCUT2D eigenvalue weighted by Gasteiger charge is 2.24. The first-order valence-electron chi connectivity index (χ1n) is 7.73. The standard InChI is InChI=1S/C17H23N3O/c1-3-8-18-9-14-10-19-20(13(14)2)11-15-12-21-17-7-5-4-6-16(15)17/h4-7,10,15,18H,3,8-9,11-12H2,1-2H3. The first kappa shape index (κ1) is 14.1. The van der Waals surface area contributed by atoms with E-state index in [1.165, 1.54) is 16.8 Å². The molecular formula is C17H23N3O. The summed E-state index contributed by atoms with van der Waals surface area (Å²) in [5.41, 5.74) is 3.84. The van der Waals surface area contributed by atoms with E-state index in [-0.39, 0.29) is 0 Å². The molecule has 0 aliphatic carbocycles. The summed E-state index contributed by atoms with van der Waals surface area (Å²) >= 11 is 0. The Hall–Kier alpha value is -1.81. The van der Waals surface area contributed by atoms with Gasteiger partial charge in [0.2, 0.25) is 0 Å². The molecule has 1 aliphatic rings. The minimum absolute atomic E-state index is 0.399. The second-order valence-electron chi connectivity index (χ2n) is 5.66. The summed E-state index contributed by atoms with van der Waals surface area (Å²) in [6.07, 6.45) is 3.14. The number of ether oxygens (including phenoxy) is 1. The van der Waals surface area contributed by atoms with Crippen molar-refractivity contribution < 1.29 is 4.74 Å². The number of para-hydroxylation sites is 1. The Labute approximate surface area is 126 Å². The van der Waals surface area contributed by atoms with Gasteiger partial charge in [0, 0.05) is 29.3 Å². The van der Waals surface area contributed by atoms with Crippen LogP contribution in [0.25, 0.3) is 0 Å². The van der Waals surface area contributed by atoms with Crippen molar-refractivity contribution in [2.24, 2.45) is 0 Å². The van der Waals surface area contributed by atoms with E-state index in [2.05, 4.69) is 41.1 Å². The van der Waals surface area contributed by atoms with E-state index in [1.807, 2.05) is 18.3 Å². The van der Waals surface area contributed by atoms with Crippen LogP contribution in [0.5, 0.6) is 5.75 Å². The maximum atomic E-state index is 5.76. The molecule has 0 saturated heterocycles. The highest BCUT2D eigenvalue weighted by Crippen LogP contribution is 2.34. The average molecular weight is 285 g/mol. The number of nitrogens with one attached hydrogen (secondary N) is 1. The molecule has 0 radical (unpaired) electrons. The van der Waals surface area contributed by atoms with Gasteiger partial charge in [-0.3, -0.25) is 4.68 Å². The van der Waals surface area contributed by atoms with Crippen LogP contribution in [0, 0.1) is 6.92 Å². The molecule has 21 heavy (non-hydrogen) atoms. The number of nitrogens with zero attached hydrogens (tertiary/aromatic N) is 2. The molecule has 4 nitrogen and oxygen atoms in total. The molecule has 2 heterocycles. The molecule has 0 fully saturated rings. The number of rotatable bonds is 6. The Morgan fingerprint density at radius 2 is 2.24 bits per heavy atom. The van der Waals surface area contributed by atoms with Crippen molar-refractivity contribution in [3.8, 4) is 5.75 Å². The van der Waals surface area contributed by atoms with Crippen LogP contribution in [-0.2, 0) is 13.1 Å². The quantitative estimate of drug-likeness (QED) is 0.830. The number of hydrogen-bond donors (Lipinski definition) is 1. The van der Waals surface area contributed by atoms with Crippen LogP contribution >= 0.6 is 0 Å². The highest BCUT2D eigenvalue weighted by molar-refractivity contribution is 5.39. The van der Waals surface area contributed by atoms with Crippen LogP contribution in [0.4, 0.5) is 0 Å². The molecule has 1 unspecified atom stereocenters. The summed E-state index contributed by atoms with van der Waals surface area (Å²) in [7, 11) is 0. The molecule has 1 aromatic heterocycles. The van der Waals surface area contributed by atoms with Crippen molar-refractivity contribution in [1.82, 2.24) is 15.1 Å². The van der Waals surface area contributed by atoms with Gasteiger partial charge < -0.3 is 10.1 Å². The molecule has 1 aliphatic heterocycles. The summed E-state index contributed by atoms with van der Waals surface area (Å²) < 4.78 is 7.87. The molecule has 0 bridgehead atoms. The molecule has 0 spiro atoms. The Kier molecular flexibility index (Phi) is 4.25. The van der Waals surface area contributed by atoms with E-state index in [9.17, 15) is 0 Å². The Morgan fingerprint density at radius 1 is 1.38 bits per heavy atom. The molecule has 1 N–H and O–H groups in total.